The van der Waals surface area contributed by atoms with Gasteiger partial charge in [-0.2, -0.15) is 18.3 Å². The maximum atomic E-state index is 13.0. The Kier molecular flexibility index (Phi) is 4.68. The predicted octanol–water partition coefficient (Wildman–Crippen LogP) is 5.18. The molecule has 0 fully saturated rings. The zero-order chi connectivity index (χ0) is 18.9. The molecule has 0 radical (unpaired) electrons. The largest absolute Gasteiger partial charge is 0.416 e. The number of halogens is 3. The molecule has 3 rings (SSSR count). The molecule has 0 N–H and O–H groups in total. The summed E-state index contributed by atoms with van der Waals surface area (Å²) in [5.41, 5.74) is 0.0530. The van der Waals surface area contributed by atoms with Crippen LogP contribution in [0.3, 0.4) is 0 Å². The molecule has 6 heteroatoms. The lowest BCUT2D eigenvalue weighted by molar-refractivity contribution is -0.137. The highest BCUT2D eigenvalue weighted by molar-refractivity contribution is 5.69. The second-order valence-electron chi connectivity index (χ2n) is 6.24. The minimum Gasteiger partial charge on any atom is -0.287 e. The molecular formula is C20H17F3N2O. The SMILES string of the molecule is CC(C)n1cc(-c2ccccc2)c(=O)c(-c2cccc(C(F)(F)F)c2)n1. The van der Waals surface area contributed by atoms with E-state index in [1.807, 2.05) is 19.9 Å². The molecule has 0 bridgehead atoms. The molecule has 1 heterocycles. The van der Waals surface area contributed by atoms with Gasteiger partial charge in [-0.15, -0.1) is 0 Å². The van der Waals surface area contributed by atoms with Gasteiger partial charge in [0.2, 0.25) is 5.43 Å². The summed E-state index contributed by atoms with van der Waals surface area (Å²) < 4.78 is 40.7. The van der Waals surface area contributed by atoms with E-state index in [-0.39, 0.29) is 17.3 Å². The van der Waals surface area contributed by atoms with Gasteiger partial charge < -0.3 is 0 Å². The number of aromatic nitrogens is 2. The van der Waals surface area contributed by atoms with Crippen LogP contribution >= 0.6 is 0 Å². The highest BCUT2D eigenvalue weighted by Gasteiger charge is 2.30. The van der Waals surface area contributed by atoms with Crippen molar-refractivity contribution >= 4 is 0 Å². The summed E-state index contributed by atoms with van der Waals surface area (Å²) >= 11 is 0. The zero-order valence-electron chi connectivity index (χ0n) is 14.3. The standard InChI is InChI=1S/C20H17F3N2O/c1-13(2)25-12-17(14-7-4-3-5-8-14)19(26)18(24-25)15-9-6-10-16(11-15)20(21,22)23/h3-13H,1-2H3. The summed E-state index contributed by atoms with van der Waals surface area (Å²) in [4.78, 5) is 12.9. The van der Waals surface area contributed by atoms with Crippen molar-refractivity contribution < 1.29 is 13.2 Å². The van der Waals surface area contributed by atoms with Crippen molar-refractivity contribution in [3.63, 3.8) is 0 Å². The molecule has 0 saturated heterocycles. The van der Waals surface area contributed by atoms with E-state index >= 15 is 0 Å². The maximum absolute atomic E-state index is 13.0. The average Bonchev–Trinajstić information content (AvgIpc) is 2.62. The Bertz CT molecular complexity index is 976. The molecule has 0 aliphatic rings. The smallest absolute Gasteiger partial charge is 0.287 e. The second-order valence-corrected chi connectivity index (χ2v) is 6.24. The van der Waals surface area contributed by atoms with Gasteiger partial charge in [0.15, 0.2) is 0 Å². The van der Waals surface area contributed by atoms with Crippen LogP contribution in [0.15, 0.2) is 65.6 Å². The van der Waals surface area contributed by atoms with Crippen molar-refractivity contribution in [3.05, 3.63) is 76.6 Å². The van der Waals surface area contributed by atoms with Gasteiger partial charge in [-0.25, -0.2) is 0 Å². The van der Waals surface area contributed by atoms with Crippen molar-refractivity contribution in [2.24, 2.45) is 0 Å². The molecule has 3 aromatic rings. The molecule has 1 aromatic heterocycles. The van der Waals surface area contributed by atoms with Gasteiger partial charge >= 0.3 is 6.18 Å². The molecule has 0 aliphatic carbocycles. The van der Waals surface area contributed by atoms with E-state index in [0.29, 0.717) is 11.1 Å². The van der Waals surface area contributed by atoms with Crippen molar-refractivity contribution in [2.45, 2.75) is 26.1 Å². The summed E-state index contributed by atoms with van der Waals surface area (Å²) in [6.45, 7) is 3.78. The molecule has 26 heavy (non-hydrogen) atoms. The predicted molar refractivity (Wildman–Crippen MR) is 94.8 cm³/mol. The van der Waals surface area contributed by atoms with E-state index in [0.717, 1.165) is 12.1 Å². The highest BCUT2D eigenvalue weighted by atomic mass is 19.4. The fourth-order valence-electron chi connectivity index (χ4n) is 2.63. The lowest BCUT2D eigenvalue weighted by Gasteiger charge is -2.15. The van der Waals surface area contributed by atoms with Gasteiger partial charge in [0.05, 0.1) is 5.56 Å². The molecule has 3 nitrogen and oxygen atoms in total. The number of benzene rings is 2. The fourth-order valence-corrected chi connectivity index (χ4v) is 2.63. The molecule has 134 valence electrons. The van der Waals surface area contributed by atoms with Crippen LogP contribution in [0.4, 0.5) is 13.2 Å². The third-order valence-electron chi connectivity index (χ3n) is 4.01. The van der Waals surface area contributed by atoms with Crippen molar-refractivity contribution in [2.75, 3.05) is 0 Å². The third-order valence-corrected chi connectivity index (χ3v) is 4.01. The van der Waals surface area contributed by atoms with Gasteiger partial charge in [-0.05, 0) is 31.5 Å². The number of alkyl halides is 3. The zero-order valence-corrected chi connectivity index (χ0v) is 14.3. The first kappa shape index (κ1) is 17.9. The molecule has 0 saturated carbocycles. The number of hydrogen-bond donors (Lipinski definition) is 0. The number of hydrogen-bond acceptors (Lipinski definition) is 2. The lowest BCUT2D eigenvalue weighted by Crippen LogP contribution is -2.18. The first-order valence-corrected chi connectivity index (χ1v) is 8.14. The highest BCUT2D eigenvalue weighted by Crippen LogP contribution is 2.31. The van der Waals surface area contributed by atoms with Gasteiger partial charge in [0.25, 0.3) is 0 Å². The van der Waals surface area contributed by atoms with E-state index in [1.54, 1.807) is 35.1 Å². The second kappa shape index (κ2) is 6.78. The van der Waals surface area contributed by atoms with Crippen molar-refractivity contribution in [3.8, 4) is 22.4 Å². The van der Waals surface area contributed by atoms with Crippen LogP contribution < -0.4 is 5.43 Å². The molecular weight excluding hydrogens is 341 g/mol. The Morgan fingerprint density at radius 2 is 1.62 bits per heavy atom. The number of rotatable bonds is 3. The summed E-state index contributed by atoms with van der Waals surface area (Å²) in [6, 6.07) is 13.7. The summed E-state index contributed by atoms with van der Waals surface area (Å²) in [5, 5.41) is 4.29. The van der Waals surface area contributed by atoms with Crippen molar-refractivity contribution in [1.82, 2.24) is 9.78 Å². The topological polar surface area (TPSA) is 34.9 Å². The van der Waals surface area contributed by atoms with E-state index in [4.69, 9.17) is 0 Å². The van der Waals surface area contributed by atoms with Crippen LogP contribution in [0.25, 0.3) is 22.4 Å². The van der Waals surface area contributed by atoms with Crippen LogP contribution in [0, 0.1) is 0 Å². The monoisotopic (exact) mass is 358 g/mol. The maximum Gasteiger partial charge on any atom is 0.416 e. The Balaban J connectivity index is 2.25. The molecule has 0 aliphatic heterocycles. The first-order chi connectivity index (χ1) is 12.3. The Morgan fingerprint density at radius 3 is 2.23 bits per heavy atom. The van der Waals surface area contributed by atoms with Crippen LogP contribution in [-0.2, 0) is 6.18 Å². The first-order valence-electron chi connectivity index (χ1n) is 8.14. The third kappa shape index (κ3) is 3.54. The van der Waals surface area contributed by atoms with E-state index in [9.17, 15) is 18.0 Å². The fraction of sp³-hybridized carbons (Fsp3) is 0.200. The van der Waals surface area contributed by atoms with E-state index in [2.05, 4.69) is 5.10 Å². The van der Waals surface area contributed by atoms with Crippen molar-refractivity contribution in [1.29, 1.82) is 0 Å². The van der Waals surface area contributed by atoms with Gasteiger partial charge in [0.1, 0.15) is 5.69 Å². The van der Waals surface area contributed by atoms with Gasteiger partial charge in [0, 0.05) is 23.4 Å². The minimum absolute atomic E-state index is 0.00570. The minimum atomic E-state index is -4.48. The van der Waals surface area contributed by atoms with Crippen LogP contribution in [0.1, 0.15) is 25.5 Å². The number of nitrogens with zero attached hydrogens (tertiary/aromatic N) is 2. The molecule has 0 amide bonds. The van der Waals surface area contributed by atoms with Crippen LogP contribution in [-0.4, -0.2) is 9.78 Å². The van der Waals surface area contributed by atoms with Crippen LogP contribution in [0.5, 0.6) is 0 Å². The summed E-state index contributed by atoms with van der Waals surface area (Å²) in [7, 11) is 0. The van der Waals surface area contributed by atoms with Crippen LogP contribution in [0.2, 0.25) is 0 Å². The molecule has 0 unspecified atom stereocenters. The Hall–Kier alpha value is -2.89. The Morgan fingerprint density at radius 1 is 0.962 bits per heavy atom. The molecule has 0 atom stereocenters. The summed E-state index contributed by atoms with van der Waals surface area (Å²) in [5.74, 6) is 0. The average molecular weight is 358 g/mol. The van der Waals surface area contributed by atoms with Gasteiger partial charge in [-0.3, -0.25) is 9.48 Å². The normalized spacial score (nSPS) is 11.8. The van der Waals surface area contributed by atoms with E-state index < -0.39 is 17.2 Å². The lowest BCUT2D eigenvalue weighted by atomic mass is 10.0. The Labute approximate surface area is 148 Å². The summed E-state index contributed by atoms with van der Waals surface area (Å²) in [6.07, 6.45) is -2.84. The molecule has 0 spiro atoms. The van der Waals surface area contributed by atoms with Gasteiger partial charge in [-0.1, -0.05) is 42.5 Å². The quantitative estimate of drug-likeness (QED) is 0.647. The van der Waals surface area contributed by atoms with E-state index in [1.165, 1.54) is 12.1 Å². The molecule has 2 aromatic carbocycles.